The second kappa shape index (κ2) is 6.80. The van der Waals surface area contributed by atoms with E-state index < -0.39 is 10.0 Å². The molecule has 122 valence electrons. The summed E-state index contributed by atoms with van der Waals surface area (Å²) >= 11 is 0. The topological polar surface area (TPSA) is 98.5 Å². The number of carbonyl (C=O) groups is 1. The molecule has 2 rings (SSSR count). The molecule has 0 heterocycles. The Balaban J connectivity index is 2.20. The number of para-hydroxylation sites is 1. The summed E-state index contributed by atoms with van der Waals surface area (Å²) in [6.07, 6.45) is 0. The zero-order valence-corrected chi connectivity index (χ0v) is 13.7. The van der Waals surface area contributed by atoms with Gasteiger partial charge in [0.2, 0.25) is 10.0 Å². The van der Waals surface area contributed by atoms with Crippen molar-refractivity contribution in [3.8, 4) is 5.75 Å². The summed E-state index contributed by atoms with van der Waals surface area (Å²) in [7, 11) is -2.30. The standard InChI is InChI=1S/C16H18N2O4S/c1-11-7-13(9-14(8-11)23(17,20)21)16(19)18-10-12-5-3-4-6-15(12)22-2/h3-9H,10H2,1-2H3,(H,18,19)(H2,17,20,21). The van der Waals surface area contributed by atoms with Gasteiger partial charge in [0.1, 0.15) is 5.75 Å². The average molecular weight is 334 g/mol. The van der Waals surface area contributed by atoms with Crippen LogP contribution in [0.25, 0.3) is 0 Å². The number of rotatable bonds is 5. The van der Waals surface area contributed by atoms with Crippen molar-refractivity contribution in [3.05, 3.63) is 59.2 Å². The van der Waals surface area contributed by atoms with Crippen molar-refractivity contribution in [1.29, 1.82) is 0 Å². The molecule has 0 saturated carbocycles. The van der Waals surface area contributed by atoms with Gasteiger partial charge in [0.15, 0.2) is 0 Å². The van der Waals surface area contributed by atoms with E-state index in [0.717, 1.165) is 5.56 Å². The molecule has 0 unspecified atom stereocenters. The Morgan fingerprint density at radius 3 is 2.57 bits per heavy atom. The number of hydrogen-bond acceptors (Lipinski definition) is 4. The Morgan fingerprint density at radius 1 is 1.22 bits per heavy atom. The van der Waals surface area contributed by atoms with E-state index in [4.69, 9.17) is 9.88 Å². The highest BCUT2D eigenvalue weighted by molar-refractivity contribution is 7.89. The molecule has 0 fully saturated rings. The van der Waals surface area contributed by atoms with Gasteiger partial charge in [-0.25, -0.2) is 13.6 Å². The van der Waals surface area contributed by atoms with Crippen LogP contribution in [0.15, 0.2) is 47.4 Å². The van der Waals surface area contributed by atoms with Crippen LogP contribution in [0.2, 0.25) is 0 Å². The van der Waals surface area contributed by atoms with Crippen LogP contribution < -0.4 is 15.2 Å². The highest BCUT2D eigenvalue weighted by Gasteiger charge is 2.14. The smallest absolute Gasteiger partial charge is 0.251 e. The van der Waals surface area contributed by atoms with Crippen molar-refractivity contribution < 1.29 is 17.9 Å². The van der Waals surface area contributed by atoms with Crippen molar-refractivity contribution in [1.82, 2.24) is 5.32 Å². The Kier molecular flexibility index (Phi) is 5.02. The molecule has 0 spiro atoms. The number of hydrogen-bond donors (Lipinski definition) is 2. The third kappa shape index (κ3) is 4.30. The molecule has 0 aliphatic carbocycles. The average Bonchev–Trinajstić information content (AvgIpc) is 2.51. The summed E-state index contributed by atoms with van der Waals surface area (Å²) in [5, 5.41) is 7.86. The molecule has 0 saturated heterocycles. The molecule has 7 heteroatoms. The van der Waals surface area contributed by atoms with Crippen LogP contribution in [0, 0.1) is 6.92 Å². The van der Waals surface area contributed by atoms with E-state index in [1.807, 2.05) is 18.2 Å². The van der Waals surface area contributed by atoms with E-state index in [9.17, 15) is 13.2 Å². The van der Waals surface area contributed by atoms with Gasteiger partial charge in [-0.15, -0.1) is 0 Å². The number of carbonyl (C=O) groups excluding carboxylic acids is 1. The third-order valence-electron chi connectivity index (χ3n) is 3.27. The molecular formula is C16H18N2O4S. The van der Waals surface area contributed by atoms with Gasteiger partial charge >= 0.3 is 0 Å². The summed E-state index contributed by atoms with van der Waals surface area (Å²) < 4.78 is 28.1. The molecule has 2 aromatic carbocycles. The number of aryl methyl sites for hydroxylation is 1. The van der Waals surface area contributed by atoms with Crippen LogP contribution in [-0.2, 0) is 16.6 Å². The molecule has 0 bridgehead atoms. The minimum atomic E-state index is -3.86. The summed E-state index contributed by atoms with van der Waals surface area (Å²) in [5.74, 6) is 0.284. The molecule has 23 heavy (non-hydrogen) atoms. The Morgan fingerprint density at radius 2 is 1.91 bits per heavy atom. The minimum Gasteiger partial charge on any atom is -0.496 e. The number of benzene rings is 2. The van der Waals surface area contributed by atoms with Gasteiger partial charge in [0, 0.05) is 17.7 Å². The summed E-state index contributed by atoms with van der Waals surface area (Å²) in [6.45, 7) is 1.97. The van der Waals surface area contributed by atoms with Gasteiger partial charge in [0.25, 0.3) is 5.91 Å². The fourth-order valence-electron chi connectivity index (χ4n) is 2.17. The van der Waals surface area contributed by atoms with Gasteiger partial charge in [-0.05, 0) is 36.8 Å². The zero-order valence-electron chi connectivity index (χ0n) is 12.9. The molecule has 6 nitrogen and oxygen atoms in total. The SMILES string of the molecule is COc1ccccc1CNC(=O)c1cc(C)cc(S(N)(=O)=O)c1. The number of sulfonamides is 1. The van der Waals surface area contributed by atoms with Gasteiger partial charge in [-0.3, -0.25) is 4.79 Å². The number of primary sulfonamides is 1. The maximum atomic E-state index is 12.3. The second-order valence-corrected chi connectivity index (χ2v) is 6.64. The number of methoxy groups -OCH3 is 1. The van der Waals surface area contributed by atoms with Crippen LogP contribution >= 0.6 is 0 Å². The monoisotopic (exact) mass is 334 g/mol. The van der Waals surface area contributed by atoms with E-state index in [-0.39, 0.29) is 22.9 Å². The van der Waals surface area contributed by atoms with Crippen LogP contribution in [0.4, 0.5) is 0 Å². The Bertz CT molecular complexity index is 832. The number of amides is 1. The lowest BCUT2D eigenvalue weighted by atomic mass is 10.1. The van der Waals surface area contributed by atoms with E-state index in [1.165, 1.54) is 12.1 Å². The van der Waals surface area contributed by atoms with E-state index in [0.29, 0.717) is 11.3 Å². The van der Waals surface area contributed by atoms with Crippen molar-refractivity contribution >= 4 is 15.9 Å². The van der Waals surface area contributed by atoms with Gasteiger partial charge in [-0.1, -0.05) is 18.2 Å². The molecule has 1 amide bonds. The predicted octanol–water partition coefficient (Wildman–Crippen LogP) is 1.58. The molecular weight excluding hydrogens is 316 g/mol. The fourth-order valence-corrected chi connectivity index (χ4v) is 2.81. The molecule has 0 radical (unpaired) electrons. The van der Waals surface area contributed by atoms with Crippen molar-refractivity contribution in [2.75, 3.05) is 7.11 Å². The van der Waals surface area contributed by atoms with Gasteiger partial charge in [0.05, 0.1) is 12.0 Å². The maximum Gasteiger partial charge on any atom is 0.251 e. The highest BCUT2D eigenvalue weighted by Crippen LogP contribution is 2.17. The molecule has 0 aliphatic rings. The molecule has 0 atom stereocenters. The lowest BCUT2D eigenvalue weighted by Crippen LogP contribution is -2.24. The normalized spacial score (nSPS) is 11.1. The van der Waals surface area contributed by atoms with Crippen molar-refractivity contribution in [2.45, 2.75) is 18.4 Å². The Labute approximate surface area is 135 Å². The summed E-state index contributed by atoms with van der Waals surface area (Å²) in [4.78, 5) is 12.2. The second-order valence-electron chi connectivity index (χ2n) is 5.07. The quantitative estimate of drug-likeness (QED) is 0.867. The van der Waals surface area contributed by atoms with E-state index in [2.05, 4.69) is 5.32 Å². The maximum absolute atomic E-state index is 12.3. The number of nitrogens with one attached hydrogen (secondary N) is 1. The first-order chi connectivity index (χ1) is 10.8. The first kappa shape index (κ1) is 17.0. The van der Waals surface area contributed by atoms with Crippen LogP contribution in [0.3, 0.4) is 0 Å². The van der Waals surface area contributed by atoms with Crippen LogP contribution in [0.1, 0.15) is 21.5 Å². The van der Waals surface area contributed by atoms with Crippen molar-refractivity contribution in [3.63, 3.8) is 0 Å². The van der Waals surface area contributed by atoms with E-state index >= 15 is 0 Å². The molecule has 0 aliphatic heterocycles. The van der Waals surface area contributed by atoms with Gasteiger partial charge in [-0.2, -0.15) is 0 Å². The van der Waals surface area contributed by atoms with E-state index in [1.54, 1.807) is 26.2 Å². The lowest BCUT2D eigenvalue weighted by molar-refractivity contribution is 0.0950. The summed E-state index contributed by atoms with van der Waals surface area (Å²) in [5.41, 5.74) is 1.70. The lowest BCUT2D eigenvalue weighted by Gasteiger charge is -2.10. The fraction of sp³-hybridized carbons (Fsp3) is 0.188. The minimum absolute atomic E-state index is 0.0834. The summed E-state index contributed by atoms with van der Waals surface area (Å²) in [6, 6.07) is 11.6. The predicted molar refractivity (Wildman–Crippen MR) is 86.7 cm³/mol. The largest absolute Gasteiger partial charge is 0.496 e. The number of ether oxygens (including phenoxy) is 1. The first-order valence-corrected chi connectivity index (χ1v) is 8.40. The van der Waals surface area contributed by atoms with Crippen molar-refractivity contribution in [2.24, 2.45) is 5.14 Å². The van der Waals surface area contributed by atoms with Crippen LogP contribution in [-0.4, -0.2) is 21.4 Å². The molecule has 0 aromatic heterocycles. The third-order valence-corrected chi connectivity index (χ3v) is 4.17. The highest BCUT2D eigenvalue weighted by atomic mass is 32.2. The number of nitrogens with two attached hydrogens (primary N) is 1. The van der Waals surface area contributed by atoms with Gasteiger partial charge < -0.3 is 10.1 Å². The Hall–Kier alpha value is -2.38. The zero-order chi connectivity index (χ0) is 17.0. The molecule has 2 aromatic rings. The van der Waals surface area contributed by atoms with Crippen LogP contribution in [0.5, 0.6) is 5.75 Å². The first-order valence-electron chi connectivity index (χ1n) is 6.86. The molecule has 3 N–H and O–H groups in total.